The van der Waals surface area contributed by atoms with Crippen LogP contribution < -0.4 is 10.5 Å². The fourth-order valence-corrected chi connectivity index (χ4v) is 1.59. The van der Waals surface area contributed by atoms with E-state index >= 15 is 0 Å². The van der Waals surface area contributed by atoms with E-state index in [1.165, 1.54) is 12.1 Å². The first kappa shape index (κ1) is 13.0. The molecule has 0 aliphatic carbocycles. The fourth-order valence-electron chi connectivity index (χ4n) is 1.59. The van der Waals surface area contributed by atoms with E-state index in [1.54, 1.807) is 19.1 Å². The van der Waals surface area contributed by atoms with Crippen LogP contribution in [0.3, 0.4) is 0 Å². The molecule has 0 aliphatic heterocycles. The van der Waals surface area contributed by atoms with Crippen molar-refractivity contribution in [3.63, 3.8) is 0 Å². The lowest BCUT2D eigenvalue weighted by Gasteiger charge is -2.06. The topological polar surface area (TPSA) is 104 Å². The minimum absolute atomic E-state index is 0.0870. The second-order valence-corrected chi connectivity index (χ2v) is 3.99. The predicted octanol–water partition coefficient (Wildman–Crippen LogP) is 1.93. The van der Waals surface area contributed by atoms with Crippen LogP contribution >= 0.6 is 0 Å². The first-order valence-electron chi connectivity index (χ1n) is 5.62. The minimum atomic E-state index is -0.500. The Labute approximate surface area is 109 Å². The molecule has 0 amide bonds. The third-order valence-electron chi connectivity index (χ3n) is 2.50. The Morgan fingerprint density at radius 2 is 2.26 bits per heavy atom. The van der Waals surface area contributed by atoms with Gasteiger partial charge in [-0.2, -0.15) is 0 Å². The molecular weight excluding hydrogens is 250 g/mol. The molecule has 0 radical (unpaired) electrons. The number of benzene rings is 1. The van der Waals surface area contributed by atoms with Gasteiger partial charge < -0.3 is 15.0 Å². The molecule has 2 N–H and O–H groups in total. The number of rotatable bonds is 5. The highest BCUT2D eigenvalue weighted by Gasteiger charge is 2.16. The van der Waals surface area contributed by atoms with Gasteiger partial charge >= 0.3 is 5.69 Å². The Hall–Kier alpha value is -2.41. The number of nitrogens with zero attached hydrogens (tertiary/aromatic N) is 2. The SMILES string of the molecule is Cc1cc(COc2ccc(CN)cc2[N+](=O)[O-])on1. The van der Waals surface area contributed by atoms with Crippen molar-refractivity contribution < 1.29 is 14.2 Å². The van der Waals surface area contributed by atoms with Crippen LogP contribution in [-0.4, -0.2) is 10.1 Å². The summed E-state index contributed by atoms with van der Waals surface area (Å²) in [5, 5.41) is 14.7. The van der Waals surface area contributed by atoms with Crippen molar-refractivity contribution in [2.45, 2.75) is 20.1 Å². The van der Waals surface area contributed by atoms with Gasteiger partial charge in [0, 0.05) is 18.7 Å². The van der Waals surface area contributed by atoms with Crippen LogP contribution in [0.4, 0.5) is 5.69 Å². The predicted molar refractivity (Wildman–Crippen MR) is 66.6 cm³/mol. The molecule has 0 saturated heterocycles. The van der Waals surface area contributed by atoms with Crippen molar-refractivity contribution >= 4 is 5.69 Å². The molecule has 1 aromatic carbocycles. The van der Waals surface area contributed by atoms with E-state index in [9.17, 15) is 10.1 Å². The highest BCUT2D eigenvalue weighted by molar-refractivity contribution is 5.48. The van der Waals surface area contributed by atoms with Crippen molar-refractivity contribution in [1.29, 1.82) is 0 Å². The lowest BCUT2D eigenvalue weighted by atomic mass is 10.2. The lowest BCUT2D eigenvalue weighted by molar-refractivity contribution is -0.386. The molecule has 1 heterocycles. The zero-order chi connectivity index (χ0) is 13.8. The summed E-state index contributed by atoms with van der Waals surface area (Å²) in [7, 11) is 0. The first-order valence-corrected chi connectivity index (χ1v) is 5.62. The fraction of sp³-hybridized carbons (Fsp3) is 0.250. The number of nitro benzene ring substituents is 1. The number of hydrogen-bond donors (Lipinski definition) is 1. The second-order valence-electron chi connectivity index (χ2n) is 3.99. The molecule has 2 rings (SSSR count). The zero-order valence-corrected chi connectivity index (χ0v) is 10.3. The van der Waals surface area contributed by atoms with E-state index in [1.807, 2.05) is 0 Å². The number of aromatic nitrogens is 1. The van der Waals surface area contributed by atoms with Gasteiger partial charge in [-0.15, -0.1) is 0 Å². The number of aryl methyl sites for hydroxylation is 1. The van der Waals surface area contributed by atoms with Crippen molar-refractivity contribution in [2.75, 3.05) is 0 Å². The second kappa shape index (κ2) is 5.49. The molecule has 1 aromatic heterocycles. The molecule has 0 spiro atoms. The number of nitro groups is 1. The van der Waals surface area contributed by atoms with Crippen LogP contribution in [0, 0.1) is 17.0 Å². The molecule has 0 atom stereocenters. The maximum atomic E-state index is 11.0. The number of ether oxygens (including phenoxy) is 1. The van der Waals surface area contributed by atoms with Gasteiger partial charge in [-0.25, -0.2) is 0 Å². The Balaban J connectivity index is 2.17. The largest absolute Gasteiger partial charge is 0.479 e. The van der Waals surface area contributed by atoms with Crippen molar-refractivity contribution in [1.82, 2.24) is 5.16 Å². The monoisotopic (exact) mass is 263 g/mol. The Kier molecular flexibility index (Phi) is 3.76. The Bertz CT molecular complexity index is 594. The molecule has 0 aliphatic rings. The average molecular weight is 263 g/mol. The van der Waals surface area contributed by atoms with Crippen LogP contribution in [-0.2, 0) is 13.2 Å². The highest BCUT2D eigenvalue weighted by Crippen LogP contribution is 2.28. The Morgan fingerprint density at radius 3 is 2.84 bits per heavy atom. The van der Waals surface area contributed by atoms with Crippen LogP contribution in [0.1, 0.15) is 17.0 Å². The van der Waals surface area contributed by atoms with Gasteiger partial charge in [-0.1, -0.05) is 11.2 Å². The third kappa shape index (κ3) is 3.08. The van der Waals surface area contributed by atoms with Crippen molar-refractivity contribution in [3.8, 4) is 5.75 Å². The standard InChI is InChI=1S/C12H13N3O4/c1-8-4-10(19-14-8)7-18-12-3-2-9(6-13)5-11(12)15(16)17/h2-5H,6-7,13H2,1H3. The van der Waals surface area contributed by atoms with Gasteiger partial charge in [0.05, 0.1) is 10.6 Å². The van der Waals surface area contributed by atoms with Gasteiger partial charge in [0.2, 0.25) is 0 Å². The molecule has 7 heteroatoms. The molecule has 19 heavy (non-hydrogen) atoms. The molecule has 0 fully saturated rings. The van der Waals surface area contributed by atoms with Crippen molar-refractivity contribution in [2.24, 2.45) is 5.73 Å². The van der Waals surface area contributed by atoms with E-state index < -0.39 is 4.92 Å². The molecule has 2 aromatic rings. The van der Waals surface area contributed by atoms with Crippen LogP contribution in [0.15, 0.2) is 28.8 Å². The van der Waals surface area contributed by atoms with E-state index in [0.29, 0.717) is 11.3 Å². The summed E-state index contributed by atoms with van der Waals surface area (Å²) in [4.78, 5) is 10.5. The quantitative estimate of drug-likeness (QED) is 0.652. The normalized spacial score (nSPS) is 10.4. The van der Waals surface area contributed by atoms with Crippen LogP contribution in [0.25, 0.3) is 0 Å². The number of hydrogen-bond acceptors (Lipinski definition) is 6. The summed E-state index contributed by atoms with van der Waals surface area (Å²) >= 11 is 0. The average Bonchev–Trinajstić information content (AvgIpc) is 2.82. The molecule has 0 saturated carbocycles. The molecule has 0 bridgehead atoms. The van der Waals surface area contributed by atoms with Crippen molar-refractivity contribution in [3.05, 3.63) is 51.4 Å². The summed E-state index contributed by atoms with van der Waals surface area (Å²) in [5.41, 5.74) is 6.74. The Morgan fingerprint density at radius 1 is 1.47 bits per heavy atom. The smallest absolute Gasteiger partial charge is 0.311 e. The summed E-state index contributed by atoms with van der Waals surface area (Å²) in [6.07, 6.45) is 0. The molecule has 7 nitrogen and oxygen atoms in total. The maximum Gasteiger partial charge on any atom is 0.311 e. The minimum Gasteiger partial charge on any atom is -0.479 e. The maximum absolute atomic E-state index is 11.0. The number of nitrogens with two attached hydrogens (primary N) is 1. The van der Waals surface area contributed by atoms with Gasteiger partial charge in [0.15, 0.2) is 11.5 Å². The summed E-state index contributed by atoms with van der Waals surface area (Å²) in [6, 6.07) is 6.33. The van der Waals surface area contributed by atoms with Gasteiger partial charge in [0.1, 0.15) is 6.61 Å². The summed E-state index contributed by atoms with van der Waals surface area (Å²) in [5.74, 6) is 0.686. The third-order valence-corrected chi connectivity index (χ3v) is 2.50. The van der Waals surface area contributed by atoms with Crippen LogP contribution in [0.2, 0.25) is 0 Å². The molecule has 100 valence electrons. The summed E-state index contributed by atoms with van der Waals surface area (Å²) < 4.78 is 10.3. The van der Waals surface area contributed by atoms with Gasteiger partial charge in [-0.05, 0) is 18.6 Å². The molecule has 0 unspecified atom stereocenters. The lowest BCUT2D eigenvalue weighted by Crippen LogP contribution is -2.01. The highest BCUT2D eigenvalue weighted by atomic mass is 16.6. The van der Waals surface area contributed by atoms with E-state index in [0.717, 1.165) is 5.69 Å². The van der Waals surface area contributed by atoms with E-state index in [-0.39, 0.29) is 24.6 Å². The van der Waals surface area contributed by atoms with E-state index in [4.69, 9.17) is 15.0 Å². The van der Waals surface area contributed by atoms with Gasteiger partial charge in [-0.3, -0.25) is 10.1 Å². The zero-order valence-electron chi connectivity index (χ0n) is 10.3. The molecular formula is C12H13N3O4. The van der Waals surface area contributed by atoms with E-state index in [2.05, 4.69) is 5.16 Å². The first-order chi connectivity index (χ1) is 9.10. The van der Waals surface area contributed by atoms with Gasteiger partial charge in [0.25, 0.3) is 0 Å². The summed E-state index contributed by atoms with van der Waals surface area (Å²) in [6.45, 7) is 2.11. The van der Waals surface area contributed by atoms with Crippen LogP contribution in [0.5, 0.6) is 5.75 Å².